The van der Waals surface area contributed by atoms with E-state index in [-0.39, 0.29) is 23.6 Å². The van der Waals surface area contributed by atoms with Crippen molar-refractivity contribution in [3.8, 4) is 0 Å². The van der Waals surface area contributed by atoms with Gasteiger partial charge >= 0.3 is 0 Å². The van der Waals surface area contributed by atoms with Crippen LogP contribution in [0, 0.1) is 11.8 Å². The number of aromatic amines is 1. The number of H-pyrrole nitrogens is 1. The van der Waals surface area contributed by atoms with Crippen LogP contribution in [-0.2, 0) is 4.79 Å². The Bertz CT molecular complexity index is 1200. The molecular weight excluding hydrogens is 406 g/mol. The summed E-state index contributed by atoms with van der Waals surface area (Å²) in [5.41, 5.74) is 3.43. The minimum absolute atomic E-state index is 0.0162. The van der Waals surface area contributed by atoms with Crippen LogP contribution < -0.4 is 5.32 Å². The summed E-state index contributed by atoms with van der Waals surface area (Å²) in [4.78, 5) is 48.8. The van der Waals surface area contributed by atoms with Crippen molar-refractivity contribution >= 4 is 34.4 Å². The first kappa shape index (κ1) is 20.2. The predicted molar refractivity (Wildman–Crippen MR) is 120 cm³/mol. The summed E-state index contributed by atoms with van der Waals surface area (Å²) < 4.78 is 0. The highest BCUT2D eigenvalue weighted by Crippen LogP contribution is 2.38. The second-order valence-corrected chi connectivity index (χ2v) is 8.61. The Morgan fingerprint density at radius 1 is 0.969 bits per heavy atom. The van der Waals surface area contributed by atoms with Crippen molar-refractivity contribution in [1.82, 2.24) is 19.8 Å². The van der Waals surface area contributed by atoms with E-state index in [9.17, 15) is 14.4 Å². The molecule has 3 aromatic rings. The van der Waals surface area contributed by atoms with E-state index in [1.807, 2.05) is 12.1 Å². The van der Waals surface area contributed by atoms with Gasteiger partial charge in [0.25, 0.3) is 11.8 Å². The van der Waals surface area contributed by atoms with Crippen LogP contribution in [0.1, 0.15) is 34.1 Å². The fourth-order valence-corrected chi connectivity index (χ4v) is 4.20. The molecule has 2 aliphatic rings. The quantitative estimate of drug-likeness (QED) is 0.664. The molecule has 1 aromatic heterocycles. The lowest BCUT2D eigenvalue weighted by Gasteiger charge is -2.35. The Hall–Kier alpha value is -3.68. The number of fused-ring (bicyclic) bond motifs is 1. The molecule has 1 saturated heterocycles. The number of anilines is 1. The van der Waals surface area contributed by atoms with Crippen molar-refractivity contribution in [2.24, 2.45) is 11.8 Å². The van der Waals surface area contributed by atoms with E-state index in [4.69, 9.17) is 0 Å². The molecular formula is C24H25N5O3. The number of aromatic nitrogens is 2. The fraction of sp³-hybridized carbons (Fsp3) is 0.333. The lowest BCUT2D eigenvalue weighted by atomic mass is 10.1. The van der Waals surface area contributed by atoms with Crippen LogP contribution in [0.15, 0.2) is 48.8 Å². The van der Waals surface area contributed by atoms with Gasteiger partial charge in [-0.15, -0.1) is 0 Å². The number of imidazole rings is 1. The highest BCUT2D eigenvalue weighted by molar-refractivity contribution is 5.99. The van der Waals surface area contributed by atoms with Crippen LogP contribution in [0.2, 0.25) is 0 Å². The normalized spacial score (nSPS) is 20.3. The van der Waals surface area contributed by atoms with Crippen LogP contribution in [0.4, 0.5) is 5.69 Å². The summed E-state index contributed by atoms with van der Waals surface area (Å²) in [5, 5.41) is 2.91. The van der Waals surface area contributed by atoms with Gasteiger partial charge in [-0.1, -0.05) is 13.0 Å². The largest absolute Gasteiger partial charge is 0.345 e. The number of hydrogen-bond acceptors (Lipinski definition) is 4. The van der Waals surface area contributed by atoms with E-state index >= 15 is 0 Å². The number of amides is 3. The number of rotatable bonds is 4. The van der Waals surface area contributed by atoms with Gasteiger partial charge < -0.3 is 20.1 Å². The molecule has 0 bridgehead atoms. The highest BCUT2D eigenvalue weighted by Gasteiger charge is 2.39. The third-order valence-electron chi connectivity index (χ3n) is 6.34. The van der Waals surface area contributed by atoms with Crippen LogP contribution >= 0.6 is 0 Å². The van der Waals surface area contributed by atoms with Crippen LogP contribution in [0.25, 0.3) is 11.0 Å². The molecule has 3 amide bonds. The zero-order valence-corrected chi connectivity index (χ0v) is 17.9. The number of piperazine rings is 1. The Morgan fingerprint density at radius 2 is 1.62 bits per heavy atom. The number of nitrogens with one attached hydrogen (secondary N) is 2. The van der Waals surface area contributed by atoms with Crippen molar-refractivity contribution in [1.29, 1.82) is 0 Å². The van der Waals surface area contributed by atoms with E-state index in [0.29, 0.717) is 48.9 Å². The van der Waals surface area contributed by atoms with Gasteiger partial charge in [0.2, 0.25) is 5.91 Å². The molecule has 2 fully saturated rings. The summed E-state index contributed by atoms with van der Waals surface area (Å²) in [5.74, 6) is 0.385. The molecule has 8 heteroatoms. The standard InChI is InChI=1S/C24H25N5O3/c1-15-11-19(15)22(30)27-18-4-2-3-16(12-18)23(31)28-7-9-29(10-8-28)24(32)17-5-6-20-21(13-17)26-14-25-20/h2-6,12-15,19H,7-11H2,1H3,(H,25,26)(H,27,30). The van der Waals surface area contributed by atoms with Gasteiger partial charge in [0.1, 0.15) is 0 Å². The maximum absolute atomic E-state index is 13.0. The first-order valence-corrected chi connectivity index (χ1v) is 10.9. The number of carbonyl (C=O) groups excluding carboxylic acids is 3. The average molecular weight is 431 g/mol. The molecule has 1 aliphatic heterocycles. The smallest absolute Gasteiger partial charge is 0.254 e. The minimum atomic E-state index is -0.0909. The second-order valence-electron chi connectivity index (χ2n) is 8.61. The highest BCUT2D eigenvalue weighted by atomic mass is 16.2. The summed E-state index contributed by atoms with van der Waals surface area (Å²) in [7, 11) is 0. The first-order valence-electron chi connectivity index (χ1n) is 10.9. The molecule has 164 valence electrons. The van der Waals surface area contributed by atoms with Gasteiger partial charge in [-0.2, -0.15) is 0 Å². The number of hydrogen-bond donors (Lipinski definition) is 2. The molecule has 2 unspecified atom stereocenters. The van der Waals surface area contributed by atoms with Crippen molar-refractivity contribution in [3.05, 3.63) is 59.9 Å². The van der Waals surface area contributed by atoms with Gasteiger partial charge in [-0.05, 0) is 48.7 Å². The van der Waals surface area contributed by atoms with E-state index in [0.717, 1.165) is 17.5 Å². The lowest BCUT2D eigenvalue weighted by Crippen LogP contribution is -2.50. The van der Waals surface area contributed by atoms with E-state index in [2.05, 4.69) is 22.2 Å². The molecule has 2 atom stereocenters. The van der Waals surface area contributed by atoms with E-state index in [1.165, 1.54) is 0 Å². The molecule has 1 saturated carbocycles. The maximum atomic E-state index is 13.0. The van der Waals surface area contributed by atoms with Crippen LogP contribution in [0.3, 0.4) is 0 Å². The van der Waals surface area contributed by atoms with Gasteiger partial charge in [0.05, 0.1) is 17.4 Å². The SMILES string of the molecule is CC1CC1C(=O)Nc1cccc(C(=O)N2CCN(C(=O)c3ccc4nc[nH]c4c3)CC2)c1. The number of carbonyl (C=O) groups is 3. The Kier molecular flexibility index (Phi) is 5.13. The van der Waals surface area contributed by atoms with Crippen molar-refractivity contribution in [2.45, 2.75) is 13.3 Å². The third kappa shape index (κ3) is 3.95. The van der Waals surface area contributed by atoms with E-state index in [1.54, 1.807) is 46.5 Å². The number of benzene rings is 2. The minimum Gasteiger partial charge on any atom is -0.345 e. The molecule has 2 aromatic carbocycles. The zero-order valence-electron chi connectivity index (χ0n) is 17.9. The van der Waals surface area contributed by atoms with Crippen molar-refractivity contribution < 1.29 is 14.4 Å². The van der Waals surface area contributed by atoms with Gasteiger partial charge in [0, 0.05) is 48.9 Å². The molecule has 0 spiro atoms. The third-order valence-corrected chi connectivity index (χ3v) is 6.34. The fourth-order valence-electron chi connectivity index (χ4n) is 4.20. The summed E-state index contributed by atoms with van der Waals surface area (Å²) >= 11 is 0. The topological polar surface area (TPSA) is 98.4 Å². The molecule has 5 rings (SSSR count). The van der Waals surface area contributed by atoms with Crippen molar-refractivity contribution in [2.75, 3.05) is 31.5 Å². The summed E-state index contributed by atoms with van der Waals surface area (Å²) in [6.07, 6.45) is 2.53. The Balaban J connectivity index is 1.20. The van der Waals surface area contributed by atoms with Gasteiger partial charge in [0.15, 0.2) is 0 Å². The van der Waals surface area contributed by atoms with Crippen LogP contribution in [-0.4, -0.2) is 63.7 Å². The van der Waals surface area contributed by atoms with Gasteiger partial charge in [-0.3, -0.25) is 14.4 Å². The monoisotopic (exact) mass is 431 g/mol. The van der Waals surface area contributed by atoms with Gasteiger partial charge in [-0.25, -0.2) is 4.98 Å². The van der Waals surface area contributed by atoms with Crippen molar-refractivity contribution in [3.63, 3.8) is 0 Å². The molecule has 2 heterocycles. The summed E-state index contributed by atoms with van der Waals surface area (Å²) in [6, 6.07) is 12.5. The zero-order chi connectivity index (χ0) is 22.2. The molecule has 32 heavy (non-hydrogen) atoms. The molecule has 1 aliphatic carbocycles. The first-order chi connectivity index (χ1) is 15.5. The molecule has 0 radical (unpaired) electrons. The van der Waals surface area contributed by atoms with E-state index < -0.39 is 0 Å². The molecule has 8 nitrogen and oxygen atoms in total. The predicted octanol–water partition coefficient (Wildman–Crippen LogP) is 2.76. The molecule has 2 N–H and O–H groups in total. The second kappa shape index (κ2) is 8.11. The average Bonchev–Trinajstić information content (AvgIpc) is 3.37. The Labute approximate surface area is 185 Å². The maximum Gasteiger partial charge on any atom is 0.254 e. The van der Waals surface area contributed by atoms with Crippen LogP contribution in [0.5, 0.6) is 0 Å². The number of nitrogens with zero attached hydrogens (tertiary/aromatic N) is 3. The lowest BCUT2D eigenvalue weighted by molar-refractivity contribution is -0.117. The Morgan fingerprint density at radius 3 is 2.28 bits per heavy atom. The summed E-state index contributed by atoms with van der Waals surface area (Å²) in [6.45, 7) is 3.94.